The van der Waals surface area contributed by atoms with Crippen molar-refractivity contribution in [1.82, 2.24) is 19.7 Å². The van der Waals surface area contributed by atoms with E-state index >= 15 is 0 Å². The molecule has 6 nitrogen and oxygen atoms in total. The number of anilines is 1. The molecule has 0 aliphatic heterocycles. The van der Waals surface area contributed by atoms with E-state index < -0.39 is 0 Å². The largest absolute Gasteiger partial charge is 0.395 e. The predicted octanol–water partition coefficient (Wildman–Crippen LogP) is 1.53. The maximum absolute atomic E-state index is 8.89. The van der Waals surface area contributed by atoms with Gasteiger partial charge in [-0.3, -0.25) is 0 Å². The van der Waals surface area contributed by atoms with Gasteiger partial charge >= 0.3 is 0 Å². The lowest BCUT2D eigenvalue weighted by atomic mass is 10.2. The summed E-state index contributed by atoms with van der Waals surface area (Å²) in [7, 11) is 0. The molecule has 0 saturated carbocycles. The summed E-state index contributed by atoms with van der Waals surface area (Å²) in [4.78, 5) is 8.49. The molecule has 0 atom stereocenters. The third-order valence-corrected chi connectivity index (χ3v) is 3.02. The van der Waals surface area contributed by atoms with E-state index in [0.717, 1.165) is 16.7 Å². The number of aryl methyl sites for hydroxylation is 1. The van der Waals surface area contributed by atoms with Crippen molar-refractivity contribution >= 4 is 16.9 Å². The van der Waals surface area contributed by atoms with E-state index in [1.165, 1.54) is 11.9 Å². The number of aromatic nitrogens is 4. The Hall–Kier alpha value is -2.47. The highest BCUT2D eigenvalue weighted by molar-refractivity contribution is 5.87. The quantitative estimate of drug-likeness (QED) is 0.751. The first-order valence-electron chi connectivity index (χ1n) is 6.40. The summed E-state index contributed by atoms with van der Waals surface area (Å²) >= 11 is 0. The Balaban J connectivity index is 2.10. The lowest BCUT2D eigenvalue weighted by molar-refractivity contribution is 0.311. The van der Waals surface area contributed by atoms with Crippen LogP contribution in [0.5, 0.6) is 0 Å². The van der Waals surface area contributed by atoms with Gasteiger partial charge in [-0.1, -0.05) is 12.1 Å². The summed E-state index contributed by atoms with van der Waals surface area (Å²) in [5, 5.41) is 17.2. The normalized spacial score (nSPS) is 10.9. The van der Waals surface area contributed by atoms with E-state index in [2.05, 4.69) is 26.4 Å². The molecule has 1 aromatic carbocycles. The van der Waals surface area contributed by atoms with Gasteiger partial charge < -0.3 is 10.4 Å². The van der Waals surface area contributed by atoms with Crippen molar-refractivity contribution in [3.63, 3.8) is 0 Å². The van der Waals surface area contributed by atoms with Crippen molar-refractivity contribution in [1.29, 1.82) is 0 Å². The van der Waals surface area contributed by atoms with Crippen molar-refractivity contribution in [3.05, 3.63) is 42.4 Å². The van der Waals surface area contributed by atoms with Gasteiger partial charge in [-0.15, -0.1) is 0 Å². The molecule has 0 aliphatic rings. The van der Waals surface area contributed by atoms with Crippen LogP contribution in [0.2, 0.25) is 0 Å². The monoisotopic (exact) mass is 269 g/mol. The molecule has 2 N–H and O–H groups in total. The van der Waals surface area contributed by atoms with Crippen LogP contribution in [0.4, 0.5) is 5.82 Å². The van der Waals surface area contributed by atoms with Gasteiger partial charge in [0.05, 0.1) is 23.9 Å². The van der Waals surface area contributed by atoms with Crippen LogP contribution in [0.15, 0.2) is 36.8 Å². The van der Waals surface area contributed by atoms with E-state index in [9.17, 15) is 0 Å². The molecule has 0 bridgehead atoms. The highest BCUT2D eigenvalue weighted by Gasteiger charge is 2.10. The topological polar surface area (TPSA) is 75.9 Å². The van der Waals surface area contributed by atoms with Gasteiger partial charge in [0, 0.05) is 6.54 Å². The maximum atomic E-state index is 8.89. The second-order valence-corrected chi connectivity index (χ2v) is 4.51. The second kappa shape index (κ2) is 5.26. The molecular weight excluding hydrogens is 254 g/mol. The molecule has 2 aromatic heterocycles. The van der Waals surface area contributed by atoms with Crippen molar-refractivity contribution in [2.24, 2.45) is 0 Å². The minimum atomic E-state index is 0.0531. The fourth-order valence-electron chi connectivity index (χ4n) is 2.11. The molecule has 0 saturated heterocycles. The first-order valence-corrected chi connectivity index (χ1v) is 6.40. The Bertz CT molecular complexity index is 737. The van der Waals surface area contributed by atoms with E-state index in [0.29, 0.717) is 12.4 Å². The molecule has 3 aromatic rings. The average molecular weight is 269 g/mol. The Kier molecular flexibility index (Phi) is 3.30. The Morgan fingerprint density at radius 1 is 1.30 bits per heavy atom. The van der Waals surface area contributed by atoms with Gasteiger partial charge in [-0.05, 0) is 24.6 Å². The van der Waals surface area contributed by atoms with Crippen LogP contribution in [0.3, 0.4) is 0 Å². The average Bonchev–Trinajstić information content (AvgIpc) is 2.89. The molecule has 20 heavy (non-hydrogen) atoms. The first-order chi connectivity index (χ1) is 9.79. The minimum Gasteiger partial charge on any atom is -0.395 e. The summed E-state index contributed by atoms with van der Waals surface area (Å²) in [6.45, 7) is 2.54. The molecule has 0 unspecified atom stereocenters. The number of fused-ring (bicyclic) bond motifs is 1. The highest BCUT2D eigenvalue weighted by Crippen LogP contribution is 2.21. The van der Waals surface area contributed by atoms with Crippen LogP contribution in [0.1, 0.15) is 5.56 Å². The summed E-state index contributed by atoms with van der Waals surface area (Å²) in [5.74, 6) is 0.683. The van der Waals surface area contributed by atoms with Gasteiger partial charge in [0.1, 0.15) is 12.1 Å². The van der Waals surface area contributed by atoms with E-state index in [1.807, 2.05) is 25.1 Å². The Labute approximate surface area is 116 Å². The SMILES string of the molecule is Cc1cccc(-n2ncc3c(NCCO)ncnc32)c1. The smallest absolute Gasteiger partial charge is 0.168 e. The standard InChI is InChI=1S/C14H15N5O/c1-10-3-2-4-11(7-10)19-14-12(8-18-19)13(15-5-6-20)16-9-17-14/h2-4,7-9,20H,5-6H2,1H3,(H,15,16,17). The number of benzene rings is 1. The van der Waals surface area contributed by atoms with Crippen LogP contribution in [-0.2, 0) is 0 Å². The van der Waals surface area contributed by atoms with Gasteiger partial charge in [0.15, 0.2) is 5.65 Å². The first kappa shape index (κ1) is 12.6. The molecular formula is C14H15N5O. The maximum Gasteiger partial charge on any atom is 0.168 e. The number of hydrogen-bond donors (Lipinski definition) is 2. The predicted molar refractivity (Wildman–Crippen MR) is 77.0 cm³/mol. The van der Waals surface area contributed by atoms with Crippen LogP contribution in [0, 0.1) is 6.92 Å². The van der Waals surface area contributed by atoms with Crippen molar-refractivity contribution in [2.45, 2.75) is 6.92 Å². The number of rotatable bonds is 4. The molecule has 6 heteroatoms. The summed E-state index contributed by atoms with van der Waals surface area (Å²) < 4.78 is 1.79. The van der Waals surface area contributed by atoms with E-state index in [1.54, 1.807) is 10.9 Å². The lowest BCUT2D eigenvalue weighted by Crippen LogP contribution is -2.07. The van der Waals surface area contributed by atoms with Crippen molar-refractivity contribution in [3.8, 4) is 5.69 Å². The fraction of sp³-hybridized carbons (Fsp3) is 0.214. The van der Waals surface area contributed by atoms with Crippen molar-refractivity contribution in [2.75, 3.05) is 18.5 Å². The zero-order chi connectivity index (χ0) is 13.9. The van der Waals surface area contributed by atoms with Crippen LogP contribution in [-0.4, -0.2) is 38.0 Å². The molecule has 2 heterocycles. The molecule has 0 spiro atoms. The van der Waals surface area contributed by atoms with E-state index in [-0.39, 0.29) is 6.61 Å². The molecule has 0 amide bonds. The fourth-order valence-corrected chi connectivity index (χ4v) is 2.11. The lowest BCUT2D eigenvalue weighted by Gasteiger charge is -2.06. The summed E-state index contributed by atoms with van der Waals surface area (Å²) in [6.07, 6.45) is 3.23. The van der Waals surface area contributed by atoms with Gasteiger partial charge in [0.25, 0.3) is 0 Å². The number of hydrogen-bond acceptors (Lipinski definition) is 5. The molecule has 0 radical (unpaired) electrons. The third kappa shape index (κ3) is 2.21. The molecule has 0 aliphatic carbocycles. The number of aliphatic hydroxyl groups excluding tert-OH is 1. The summed E-state index contributed by atoms with van der Waals surface area (Å²) in [6, 6.07) is 8.07. The van der Waals surface area contributed by atoms with Gasteiger partial charge in [-0.2, -0.15) is 5.10 Å². The Morgan fingerprint density at radius 3 is 3.00 bits per heavy atom. The van der Waals surface area contributed by atoms with Gasteiger partial charge in [-0.25, -0.2) is 14.6 Å². The Morgan fingerprint density at radius 2 is 2.20 bits per heavy atom. The number of nitrogens with zero attached hydrogens (tertiary/aromatic N) is 4. The van der Waals surface area contributed by atoms with Crippen LogP contribution >= 0.6 is 0 Å². The van der Waals surface area contributed by atoms with Crippen LogP contribution in [0.25, 0.3) is 16.7 Å². The zero-order valence-electron chi connectivity index (χ0n) is 11.1. The van der Waals surface area contributed by atoms with Gasteiger partial charge in [0.2, 0.25) is 0 Å². The third-order valence-electron chi connectivity index (χ3n) is 3.02. The second-order valence-electron chi connectivity index (χ2n) is 4.51. The van der Waals surface area contributed by atoms with Crippen LogP contribution < -0.4 is 5.32 Å². The molecule has 102 valence electrons. The number of aliphatic hydroxyl groups is 1. The summed E-state index contributed by atoms with van der Waals surface area (Å²) in [5.41, 5.74) is 2.87. The van der Waals surface area contributed by atoms with Crippen molar-refractivity contribution < 1.29 is 5.11 Å². The highest BCUT2D eigenvalue weighted by atomic mass is 16.3. The molecule has 3 rings (SSSR count). The minimum absolute atomic E-state index is 0.0531. The number of nitrogens with one attached hydrogen (secondary N) is 1. The zero-order valence-corrected chi connectivity index (χ0v) is 11.1. The van der Waals surface area contributed by atoms with E-state index in [4.69, 9.17) is 5.11 Å². The molecule has 0 fully saturated rings.